The van der Waals surface area contributed by atoms with Crippen LogP contribution in [0.25, 0.3) is 0 Å². The smallest absolute Gasteiger partial charge is 0.0606 e. The van der Waals surface area contributed by atoms with Gasteiger partial charge in [-0.15, -0.1) is 23.5 Å². The van der Waals surface area contributed by atoms with E-state index < -0.39 is 0 Å². The van der Waals surface area contributed by atoms with Crippen molar-refractivity contribution >= 4 is 23.5 Å². The number of hydrogen-bond donors (Lipinski definition) is 0. The number of rotatable bonds is 2. The molecule has 9 heavy (non-hydrogen) atoms. The van der Waals surface area contributed by atoms with E-state index in [1.54, 1.807) is 0 Å². The van der Waals surface area contributed by atoms with Crippen LogP contribution in [0, 0.1) is 0 Å². The molecule has 0 aromatic heterocycles. The van der Waals surface area contributed by atoms with Gasteiger partial charge in [0.05, 0.1) is 4.08 Å². The molecule has 1 saturated heterocycles. The molecule has 1 fully saturated rings. The van der Waals surface area contributed by atoms with Gasteiger partial charge in [-0.2, -0.15) is 0 Å². The van der Waals surface area contributed by atoms with Gasteiger partial charge >= 0.3 is 0 Å². The molecule has 0 aliphatic carbocycles. The van der Waals surface area contributed by atoms with Crippen LogP contribution in [0.5, 0.6) is 0 Å². The fourth-order valence-electron chi connectivity index (χ4n) is 1.16. The molecule has 2 heteroatoms. The highest BCUT2D eigenvalue weighted by Gasteiger charge is 2.31. The summed E-state index contributed by atoms with van der Waals surface area (Å²) in [6, 6.07) is 0. The maximum absolute atomic E-state index is 2.30. The van der Waals surface area contributed by atoms with Crippen LogP contribution in [-0.4, -0.2) is 15.6 Å². The summed E-state index contributed by atoms with van der Waals surface area (Å²) in [6.45, 7) is 4.60. The van der Waals surface area contributed by atoms with E-state index in [2.05, 4.69) is 37.4 Å². The quantitative estimate of drug-likeness (QED) is 0.612. The number of hydrogen-bond acceptors (Lipinski definition) is 2. The van der Waals surface area contributed by atoms with Crippen molar-refractivity contribution in [2.45, 2.75) is 30.8 Å². The Kier molecular flexibility index (Phi) is 2.77. The topological polar surface area (TPSA) is 0 Å². The van der Waals surface area contributed by atoms with Crippen LogP contribution in [0.4, 0.5) is 0 Å². The first kappa shape index (κ1) is 7.80. The minimum absolute atomic E-state index is 0.611. The Balaban J connectivity index is 2.45. The van der Waals surface area contributed by atoms with E-state index in [0.29, 0.717) is 4.08 Å². The third-order valence-corrected chi connectivity index (χ3v) is 5.88. The van der Waals surface area contributed by atoms with Crippen LogP contribution in [0.3, 0.4) is 0 Å². The summed E-state index contributed by atoms with van der Waals surface area (Å²) in [5.74, 6) is 2.73. The van der Waals surface area contributed by atoms with Gasteiger partial charge in [0.2, 0.25) is 0 Å². The molecule has 1 rings (SSSR count). The van der Waals surface area contributed by atoms with Crippen LogP contribution in [0.15, 0.2) is 0 Å². The van der Waals surface area contributed by atoms with Crippen molar-refractivity contribution in [3.8, 4) is 0 Å². The molecule has 0 aromatic carbocycles. The predicted octanol–water partition coefficient (Wildman–Crippen LogP) is 2.98. The molecule has 54 valence electrons. The van der Waals surface area contributed by atoms with Crippen molar-refractivity contribution < 1.29 is 0 Å². The van der Waals surface area contributed by atoms with Crippen molar-refractivity contribution in [3.63, 3.8) is 0 Å². The standard InChI is InChI=1S/C7H14S2/c1-3-7(4-2)8-5-6-9-7/h3-6H2,1-2H3. The molecule has 1 heterocycles. The monoisotopic (exact) mass is 162 g/mol. The third-order valence-electron chi connectivity index (χ3n) is 1.89. The second-order valence-electron chi connectivity index (χ2n) is 2.31. The van der Waals surface area contributed by atoms with Crippen LogP contribution in [0.2, 0.25) is 0 Å². The van der Waals surface area contributed by atoms with Gasteiger partial charge in [0.25, 0.3) is 0 Å². The maximum Gasteiger partial charge on any atom is 0.0606 e. The minimum Gasteiger partial charge on any atom is -0.143 e. The molecule has 0 saturated carbocycles. The van der Waals surface area contributed by atoms with Crippen LogP contribution in [-0.2, 0) is 0 Å². The van der Waals surface area contributed by atoms with Gasteiger partial charge < -0.3 is 0 Å². The average Bonchev–Trinajstić information content (AvgIpc) is 2.36. The molecule has 0 atom stereocenters. The normalized spacial score (nSPS) is 24.7. The molecule has 0 aromatic rings. The second kappa shape index (κ2) is 3.20. The fourth-order valence-corrected chi connectivity index (χ4v) is 4.22. The maximum atomic E-state index is 2.30. The predicted molar refractivity (Wildman–Crippen MR) is 48.2 cm³/mol. The van der Waals surface area contributed by atoms with Crippen LogP contribution >= 0.6 is 23.5 Å². The highest BCUT2D eigenvalue weighted by atomic mass is 32.2. The Bertz CT molecular complexity index is 78.9. The van der Waals surface area contributed by atoms with Crippen molar-refractivity contribution in [2.75, 3.05) is 11.5 Å². The third kappa shape index (κ3) is 1.58. The Morgan fingerprint density at radius 1 is 1.11 bits per heavy atom. The fraction of sp³-hybridized carbons (Fsp3) is 1.00. The Morgan fingerprint density at radius 2 is 1.56 bits per heavy atom. The largest absolute Gasteiger partial charge is 0.143 e. The molecule has 0 radical (unpaired) electrons. The molecule has 0 nitrogen and oxygen atoms in total. The van der Waals surface area contributed by atoms with Gasteiger partial charge in [-0.3, -0.25) is 0 Å². The van der Waals surface area contributed by atoms with Gasteiger partial charge in [0, 0.05) is 11.5 Å². The lowest BCUT2D eigenvalue weighted by molar-refractivity contribution is 0.745. The molecular formula is C7H14S2. The van der Waals surface area contributed by atoms with Gasteiger partial charge in [-0.1, -0.05) is 13.8 Å². The zero-order valence-corrected chi connectivity index (χ0v) is 7.78. The van der Waals surface area contributed by atoms with Crippen LogP contribution in [0.1, 0.15) is 26.7 Å². The second-order valence-corrected chi connectivity index (χ2v) is 5.53. The van der Waals surface area contributed by atoms with E-state index >= 15 is 0 Å². The zero-order chi connectivity index (χ0) is 6.74. The molecule has 0 N–H and O–H groups in total. The van der Waals surface area contributed by atoms with Crippen molar-refractivity contribution in [3.05, 3.63) is 0 Å². The van der Waals surface area contributed by atoms with E-state index in [1.807, 2.05) is 0 Å². The van der Waals surface area contributed by atoms with Gasteiger partial charge in [-0.05, 0) is 12.8 Å². The summed E-state index contributed by atoms with van der Waals surface area (Å²) >= 11 is 4.31. The summed E-state index contributed by atoms with van der Waals surface area (Å²) in [6.07, 6.45) is 2.66. The van der Waals surface area contributed by atoms with Gasteiger partial charge in [-0.25, -0.2) is 0 Å². The SMILES string of the molecule is CCC1(CC)SCCS1. The summed E-state index contributed by atoms with van der Waals surface area (Å²) in [4.78, 5) is 0. The van der Waals surface area contributed by atoms with Gasteiger partial charge in [0.1, 0.15) is 0 Å². The highest BCUT2D eigenvalue weighted by molar-refractivity contribution is 8.21. The molecule has 1 aliphatic rings. The summed E-state index contributed by atoms with van der Waals surface area (Å²) in [5.41, 5.74) is 0. The van der Waals surface area contributed by atoms with E-state index in [-0.39, 0.29) is 0 Å². The minimum atomic E-state index is 0.611. The molecule has 0 spiro atoms. The lowest BCUT2D eigenvalue weighted by Gasteiger charge is -2.22. The van der Waals surface area contributed by atoms with Crippen molar-refractivity contribution in [1.82, 2.24) is 0 Å². The molecule has 0 amide bonds. The van der Waals surface area contributed by atoms with Crippen LogP contribution < -0.4 is 0 Å². The average molecular weight is 162 g/mol. The summed E-state index contributed by atoms with van der Waals surface area (Å²) in [5, 5.41) is 0. The van der Waals surface area contributed by atoms with Gasteiger partial charge in [0.15, 0.2) is 0 Å². The van der Waals surface area contributed by atoms with E-state index in [4.69, 9.17) is 0 Å². The van der Waals surface area contributed by atoms with E-state index in [9.17, 15) is 0 Å². The Morgan fingerprint density at radius 3 is 1.78 bits per heavy atom. The van der Waals surface area contributed by atoms with E-state index in [0.717, 1.165) is 0 Å². The first-order chi connectivity index (χ1) is 4.33. The Labute approximate surface area is 66.2 Å². The lowest BCUT2D eigenvalue weighted by atomic mass is 10.2. The Hall–Kier alpha value is 0.700. The number of thioether (sulfide) groups is 2. The summed E-state index contributed by atoms with van der Waals surface area (Å²) < 4.78 is 0.611. The molecule has 0 bridgehead atoms. The highest BCUT2D eigenvalue weighted by Crippen LogP contribution is 2.48. The van der Waals surface area contributed by atoms with Crippen molar-refractivity contribution in [1.29, 1.82) is 0 Å². The molecule has 1 aliphatic heterocycles. The summed E-state index contributed by atoms with van der Waals surface area (Å²) in [7, 11) is 0. The molecule has 0 unspecified atom stereocenters. The zero-order valence-electron chi connectivity index (χ0n) is 6.14. The first-order valence-corrected chi connectivity index (χ1v) is 5.58. The lowest BCUT2D eigenvalue weighted by Crippen LogP contribution is -2.12. The molecular weight excluding hydrogens is 148 g/mol. The van der Waals surface area contributed by atoms with Crippen molar-refractivity contribution in [2.24, 2.45) is 0 Å². The first-order valence-electron chi connectivity index (χ1n) is 3.61. The van der Waals surface area contributed by atoms with E-state index in [1.165, 1.54) is 24.3 Å².